The molecule has 1 heterocycles. The van der Waals surface area contributed by atoms with Gasteiger partial charge in [0.2, 0.25) is 0 Å². The Kier molecular flexibility index (Phi) is 8.19. The van der Waals surface area contributed by atoms with Crippen LogP contribution < -0.4 is 0 Å². The van der Waals surface area contributed by atoms with Gasteiger partial charge in [0, 0.05) is 5.56 Å². The molecule has 0 amide bonds. The smallest absolute Gasteiger partial charge is 0.306 e. The lowest BCUT2D eigenvalue weighted by Crippen LogP contribution is -2.14. The van der Waals surface area contributed by atoms with E-state index < -0.39 is 5.97 Å². The van der Waals surface area contributed by atoms with E-state index in [0.717, 1.165) is 44.2 Å². The molecule has 0 aromatic carbocycles. The van der Waals surface area contributed by atoms with Crippen LogP contribution in [0, 0.1) is 5.92 Å². The fourth-order valence-electron chi connectivity index (χ4n) is 3.54. The second-order valence-electron chi connectivity index (χ2n) is 6.93. The summed E-state index contributed by atoms with van der Waals surface area (Å²) in [6.45, 7) is 0. The number of carbonyl (C=O) groups is 1. The summed E-state index contributed by atoms with van der Waals surface area (Å²) in [4.78, 5) is 11.4. The summed E-state index contributed by atoms with van der Waals surface area (Å²) in [5.41, 5.74) is 2.26. The molecule has 2 rings (SSSR count). The molecule has 23 heavy (non-hydrogen) atoms. The van der Waals surface area contributed by atoms with Gasteiger partial charge in [0.05, 0.1) is 11.6 Å². The van der Waals surface area contributed by atoms with Gasteiger partial charge in [0.1, 0.15) is 6.26 Å². The van der Waals surface area contributed by atoms with Crippen molar-refractivity contribution < 1.29 is 14.4 Å². The van der Waals surface area contributed by atoms with Crippen molar-refractivity contribution in [3.63, 3.8) is 0 Å². The van der Waals surface area contributed by atoms with E-state index in [4.69, 9.17) is 4.52 Å². The summed E-state index contributed by atoms with van der Waals surface area (Å²) in [6.07, 6.45) is 17.3. The highest BCUT2D eigenvalue weighted by atomic mass is 16.5. The number of nitrogens with zero attached hydrogens (tertiary/aromatic N) is 1. The van der Waals surface area contributed by atoms with Gasteiger partial charge >= 0.3 is 5.97 Å². The van der Waals surface area contributed by atoms with Crippen molar-refractivity contribution >= 4 is 5.97 Å². The minimum atomic E-state index is -0.631. The topological polar surface area (TPSA) is 63.3 Å². The largest absolute Gasteiger partial charge is 0.481 e. The van der Waals surface area contributed by atoms with E-state index in [1.54, 1.807) is 6.26 Å². The van der Waals surface area contributed by atoms with Crippen LogP contribution in [-0.4, -0.2) is 16.2 Å². The Bertz CT molecular complexity index is 455. The van der Waals surface area contributed by atoms with E-state index in [1.165, 1.54) is 56.9 Å². The first-order chi connectivity index (χ1) is 11.3. The van der Waals surface area contributed by atoms with E-state index >= 15 is 0 Å². The number of rotatable bonds is 1. The molecule has 0 saturated carbocycles. The van der Waals surface area contributed by atoms with Crippen LogP contribution in [0.5, 0.6) is 0 Å². The molecule has 130 valence electrons. The van der Waals surface area contributed by atoms with E-state index in [0.29, 0.717) is 0 Å². The summed E-state index contributed by atoms with van der Waals surface area (Å²) in [5.74, 6) is -0.817. The maximum atomic E-state index is 11.4. The Balaban J connectivity index is 1.88. The van der Waals surface area contributed by atoms with Crippen molar-refractivity contribution in [2.45, 2.75) is 89.9 Å². The molecule has 1 unspecified atom stereocenters. The molecule has 0 bridgehead atoms. The summed E-state index contributed by atoms with van der Waals surface area (Å²) in [7, 11) is 0. The number of carboxylic acids is 1. The predicted octanol–water partition coefficient (Wildman–Crippen LogP) is 5.16. The van der Waals surface area contributed by atoms with Gasteiger partial charge in [-0.25, -0.2) is 0 Å². The number of hydrogen-bond donors (Lipinski definition) is 1. The molecular formula is C19H31NO3. The molecule has 0 aliphatic heterocycles. The first kappa shape index (κ1) is 18.0. The number of hydrogen-bond acceptors (Lipinski definition) is 3. The molecule has 1 aliphatic carbocycles. The fourth-order valence-corrected chi connectivity index (χ4v) is 3.54. The molecule has 4 heteroatoms. The normalized spacial score (nSPS) is 22.9. The van der Waals surface area contributed by atoms with Crippen LogP contribution in [0.25, 0.3) is 0 Å². The van der Waals surface area contributed by atoms with Gasteiger partial charge < -0.3 is 9.63 Å². The van der Waals surface area contributed by atoms with Gasteiger partial charge in [-0.3, -0.25) is 4.79 Å². The third-order valence-corrected chi connectivity index (χ3v) is 5.04. The lowest BCUT2D eigenvalue weighted by molar-refractivity contribution is -0.142. The van der Waals surface area contributed by atoms with Crippen molar-refractivity contribution in [2.75, 3.05) is 0 Å². The van der Waals surface area contributed by atoms with Crippen molar-refractivity contribution in [1.82, 2.24) is 5.16 Å². The fraction of sp³-hybridized carbons (Fsp3) is 0.789. The Morgan fingerprint density at radius 2 is 1.52 bits per heavy atom. The lowest BCUT2D eigenvalue weighted by atomic mass is 9.94. The van der Waals surface area contributed by atoms with Crippen molar-refractivity contribution in [3.8, 4) is 0 Å². The number of carboxylic acid groups (broad SMARTS) is 1. The van der Waals surface area contributed by atoms with Crippen LogP contribution in [0.15, 0.2) is 10.8 Å². The number of fused-ring (bicyclic) bond motifs is 1. The molecule has 1 aliphatic rings. The van der Waals surface area contributed by atoms with Gasteiger partial charge in [0.25, 0.3) is 0 Å². The quantitative estimate of drug-likeness (QED) is 0.776. The van der Waals surface area contributed by atoms with E-state index in [1.807, 2.05) is 0 Å². The highest BCUT2D eigenvalue weighted by Crippen LogP contribution is 2.21. The molecule has 1 aromatic heterocycles. The number of aryl methyl sites for hydroxylation is 2. The molecule has 1 N–H and O–H groups in total. The minimum Gasteiger partial charge on any atom is -0.481 e. The maximum absolute atomic E-state index is 11.4. The Hall–Kier alpha value is -1.32. The third kappa shape index (κ3) is 6.76. The Morgan fingerprint density at radius 3 is 2.22 bits per heavy atom. The van der Waals surface area contributed by atoms with Gasteiger partial charge in [-0.1, -0.05) is 56.5 Å². The average Bonchev–Trinajstić information content (AvgIpc) is 2.97. The summed E-state index contributed by atoms with van der Waals surface area (Å²) < 4.78 is 5.14. The molecule has 0 fully saturated rings. The van der Waals surface area contributed by atoms with E-state index in [9.17, 15) is 9.90 Å². The van der Waals surface area contributed by atoms with Gasteiger partial charge in [-0.05, 0) is 38.5 Å². The molecule has 1 atom stereocenters. The predicted molar refractivity (Wildman–Crippen MR) is 90.4 cm³/mol. The highest BCUT2D eigenvalue weighted by Gasteiger charge is 2.17. The highest BCUT2D eigenvalue weighted by molar-refractivity contribution is 5.69. The van der Waals surface area contributed by atoms with Crippen molar-refractivity contribution in [3.05, 3.63) is 17.5 Å². The zero-order chi connectivity index (χ0) is 16.3. The van der Waals surface area contributed by atoms with Crippen LogP contribution in [0.1, 0.15) is 88.3 Å². The molecule has 1 aromatic rings. The average molecular weight is 321 g/mol. The van der Waals surface area contributed by atoms with Crippen LogP contribution in [0.2, 0.25) is 0 Å². The summed E-state index contributed by atoms with van der Waals surface area (Å²) >= 11 is 0. The molecule has 0 radical (unpaired) electrons. The van der Waals surface area contributed by atoms with Crippen LogP contribution in [-0.2, 0) is 17.6 Å². The van der Waals surface area contributed by atoms with E-state index in [-0.39, 0.29) is 5.92 Å². The first-order valence-electron chi connectivity index (χ1n) is 9.42. The summed E-state index contributed by atoms with van der Waals surface area (Å²) in [5, 5.41) is 13.5. The van der Waals surface area contributed by atoms with Gasteiger partial charge in [-0.15, -0.1) is 0 Å². The second kappa shape index (κ2) is 10.5. The second-order valence-corrected chi connectivity index (χ2v) is 6.93. The van der Waals surface area contributed by atoms with Crippen molar-refractivity contribution in [2.24, 2.45) is 5.92 Å². The maximum Gasteiger partial charge on any atom is 0.306 e. The third-order valence-electron chi connectivity index (χ3n) is 5.04. The number of aromatic nitrogens is 1. The zero-order valence-electron chi connectivity index (χ0n) is 14.3. The molecule has 4 nitrogen and oxygen atoms in total. The first-order valence-corrected chi connectivity index (χ1v) is 9.42. The van der Waals surface area contributed by atoms with Crippen molar-refractivity contribution in [1.29, 1.82) is 0 Å². The van der Waals surface area contributed by atoms with Crippen LogP contribution >= 0.6 is 0 Å². The SMILES string of the molecule is O=C(O)C1CCCCCCCCCCCc2nocc2CCC1. The lowest BCUT2D eigenvalue weighted by Gasteiger charge is -2.12. The monoisotopic (exact) mass is 321 g/mol. The van der Waals surface area contributed by atoms with Crippen LogP contribution in [0.4, 0.5) is 0 Å². The molecular weight excluding hydrogens is 290 g/mol. The zero-order valence-corrected chi connectivity index (χ0v) is 14.3. The summed E-state index contributed by atoms with van der Waals surface area (Å²) in [6, 6.07) is 0. The minimum absolute atomic E-state index is 0.186. The Labute approximate surface area is 139 Å². The Morgan fingerprint density at radius 1 is 0.913 bits per heavy atom. The van der Waals surface area contributed by atoms with Gasteiger partial charge in [0.15, 0.2) is 0 Å². The molecule has 0 saturated heterocycles. The van der Waals surface area contributed by atoms with Crippen LogP contribution in [0.3, 0.4) is 0 Å². The standard InChI is InChI=1S/C19H31NO3/c21-19(22)16-11-8-6-4-2-1-3-5-7-9-14-18-17(13-10-12-16)15-23-20-18/h15-16H,1-14H2,(H,21,22). The van der Waals surface area contributed by atoms with Gasteiger partial charge in [-0.2, -0.15) is 0 Å². The molecule has 0 spiro atoms. The van der Waals surface area contributed by atoms with E-state index in [2.05, 4.69) is 5.16 Å². The number of aliphatic carboxylic acids is 1.